The Morgan fingerprint density at radius 3 is 2.41 bits per heavy atom. The van der Waals surface area contributed by atoms with Crippen LogP contribution in [0.5, 0.6) is 23.0 Å². The molecule has 1 aliphatic heterocycles. The monoisotopic (exact) mass is 450 g/mol. The third kappa shape index (κ3) is 3.92. The van der Waals surface area contributed by atoms with Gasteiger partial charge in [-0.2, -0.15) is 0 Å². The molecule has 0 aromatic heterocycles. The Balaban J connectivity index is 1.63. The standard InChI is InChI=1S/C25H19ClO6/c1-14-19(32-25(28)15-7-9-17(26)10-8-15)12-11-18-22(27)21(31-23(14)18)13-16-5-4-6-20(29-2)24(16)30-3/h4-13H,1-3H3/b21-13-. The lowest BCUT2D eigenvalue weighted by Crippen LogP contribution is -2.09. The van der Waals surface area contributed by atoms with Crippen molar-refractivity contribution in [2.24, 2.45) is 0 Å². The minimum absolute atomic E-state index is 0.135. The van der Waals surface area contributed by atoms with E-state index < -0.39 is 5.97 Å². The van der Waals surface area contributed by atoms with Crippen LogP contribution in [0.4, 0.5) is 0 Å². The van der Waals surface area contributed by atoms with Gasteiger partial charge in [-0.1, -0.05) is 23.7 Å². The van der Waals surface area contributed by atoms with E-state index in [0.717, 1.165) is 0 Å². The number of Topliss-reactive ketones (excluding diaryl/α,β-unsaturated/α-hetero) is 1. The van der Waals surface area contributed by atoms with Crippen LogP contribution < -0.4 is 18.9 Å². The number of benzene rings is 3. The first-order valence-corrected chi connectivity index (χ1v) is 10.1. The number of ether oxygens (including phenoxy) is 4. The van der Waals surface area contributed by atoms with E-state index in [1.807, 2.05) is 0 Å². The summed E-state index contributed by atoms with van der Waals surface area (Å²) >= 11 is 5.87. The van der Waals surface area contributed by atoms with Crippen molar-refractivity contribution in [1.29, 1.82) is 0 Å². The molecule has 1 aliphatic rings. The molecule has 6 nitrogen and oxygen atoms in total. The molecule has 0 aliphatic carbocycles. The van der Waals surface area contributed by atoms with Crippen molar-refractivity contribution >= 4 is 29.4 Å². The summed E-state index contributed by atoms with van der Waals surface area (Å²) in [5, 5.41) is 0.522. The SMILES string of the molecule is COc1cccc(/C=C2\Oc3c(ccc(OC(=O)c4ccc(Cl)cc4)c3C)C2=O)c1OC. The van der Waals surface area contributed by atoms with Crippen LogP contribution in [-0.2, 0) is 0 Å². The van der Waals surface area contributed by atoms with Gasteiger partial charge in [0.05, 0.1) is 25.3 Å². The topological polar surface area (TPSA) is 71.1 Å². The first-order valence-electron chi connectivity index (χ1n) is 9.69. The molecule has 3 aromatic carbocycles. The van der Waals surface area contributed by atoms with E-state index >= 15 is 0 Å². The molecule has 162 valence electrons. The van der Waals surface area contributed by atoms with Gasteiger partial charge < -0.3 is 18.9 Å². The maximum atomic E-state index is 12.9. The first-order chi connectivity index (χ1) is 15.4. The van der Waals surface area contributed by atoms with Gasteiger partial charge in [0.15, 0.2) is 17.3 Å². The maximum absolute atomic E-state index is 12.9. The van der Waals surface area contributed by atoms with Crippen molar-refractivity contribution in [2.75, 3.05) is 14.2 Å². The molecule has 0 saturated carbocycles. The third-order valence-corrected chi connectivity index (χ3v) is 5.29. The lowest BCUT2D eigenvalue weighted by Gasteiger charge is -2.11. The van der Waals surface area contributed by atoms with E-state index in [4.69, 9.17) is 30.5 Å². The number of hydrogen-bond acceptors (Lipinski definition) is 6. The number of halogens is 1. The number of para-hydroxylation sites is 1. The normalized spacial score (nSPS) is 13.5. The van der Waals surface area contributed by atoms with E-state index in [-0.39, 0.29) is 11.5 Å². The van der Waals surface area contributed by atoms with Gasteiger partial charge in [0.2, 0.25) is 5.78 Å². The lowest BCUT2D eigenvalue weighted by molar-refractivity contribution is 0.0733. The van der Waals surface area contributed by atoms with E-state index in [9.17, 15) is 9.59 Å². The zero-order valence-corrected chi connectivity index (χ0v) is 18.4. The van der Waals surface area contributed by atoms with Gasteiger partial charge in [-0.05, 0) is 55.5 Å². The highest BCUT2D eigenvalue weighted by Crippen LogP contribution is 2.40. The van der Waals surface area contributed by atoms with Crippen molar-refractivity contribution in [3.63, 3.8) is 0 Å². The molecule has 0 fully saturated rings. The van der Waals surface area contributed by atoms with Crippen LogP contribution in [-0.4, -0.2) is 26.0 Å². The van der Waals surface area contributed by atoms with E-state index in [1.54, 1.807) is 67.6 Å². The molecular weight excluding hydrogens is 432 g/mol. The molecule has 1 heterocycles. The number of carbonyl (C=O) groups excluding carboxylic acids is 2. The fraction of sp³-hybridized carbons (Fsp3) is 0.120. The number of esters is 1. The predicted molar refractivity (Wildman–Crippen MR) is 120 cm³/mol. The second-order valence-electron chi connectivity index (χ2n) is 6.98. The van der Waals surface area contributed by atoms with Gasteiger partial charge in [0.1, 0.15) is 11.5 Å². The van der Waals surface area contributed by atoms with Gasteiger partial charge in [-0.15, -0.1) is 0 Å². The summed E-state index contributed by atoms with van der Waals surface area (Å²) in [6.07, 6.45) is 1.60. The summed E-state index contributed by atoms with van der Waals surface area (Å²) in [5.74, 6) is 1.01. The van der Waals surface area contributed by atoms with Crippen molar-refractivity contribution in [3.8, 4) is 23.0 Å². The molecule has 3 aromatic rings. The van der Waals surface area contributed by atoms with Crippen molar-refractivity contribution in [2.45, 2.75) is 6.92 Å². The maximum Gasteiger partial charge on any atom is 0.343 e. The molecular formula is C25H19ClO6. The number of methoxy groups -OCH3 is 2. The number of ketones is 1. The molecule has 4 rings (SSSR count). The Hall–Kier alpha value is -3.77. The minimum atomic E-state index is -0.536. The van der Waals surface area contributed by atoms with E-state index in [2.05, 4.69) is 0 Å². The van der Waals surface area contributed by atoms with Gasteiger partial charge in [0.25, 0.3) is 0 Å². The summed E-state index contributed by atoms with van der Waals surface area (Å²) in [4.78, 5) is 25.4. The summed E-state index contributed by atoms with van der Waals surface area (Å²) in [5.41, 5.74) is 1.92. The number of allylic oxidation sites excluding steroid dienone is 1. The van der Waals surface area contributed by atoms with Gasteiger partial charge in [-0.3, -0.25) is 4.79 Å². The molecule has 7 heteroatoms. The molecule has 0 radical (unpaired) electrons. The molecule has 0 unspecified atom stereocenters. The molecule has 0 saturated heterocycles. The Morgan fingerprint density at radius 2 is 1.72 bits per heavy atom. The van der Waals surface area contributed by atoms with Crippen LogP contribution >= 0.6 is 11.6 Å². The van der Waals surface area contributed by atoms with Crippen molar-refractivity contribution in [1.82, 2.24) is 0 Å². The van der Waals surface area contributed by atoms with Gasteiger partial charge in [0, 0.05) is 16.1 Å². The fourth-order valence-electron chi connectivity index (χ4n) is 3.39. The quantitative estimate of drug-likeness (QED) is 0.290. The highest BCUT2D eigenvalue weighted by atomic mass is 35.5. The Labute approximate surface area is 189 Å². The Morgan fingerprint density at radius 1 is 0.969 bits per heavy atom. The minimum Gasteiger partial charge on any atom is -0.493 e. The molecule has 0 atom stereocenters. The van der Waals surface area contributed by atoms with Crippen molar-refractivity contribution < 1.29 is 28.5 Å². The van der Waals surface area contributed by atoms with Crippen molar-refractivity contribution in [3.05, 3.63) is 87.6 Å². The summed E-state index contributed by atoms with van der Waals surface area (Å²) in [6, 6.07) is 14.9. The van der Waals surface area contributed by atoms with Gasteiger partial charge >= 0.3 is 5.97 Å². The predicted octanol–water partition coefficient (Wildman–Crippen LogP) is 5.50. The average Bonchev–Trinajstić information content (AvgIpc) is 3.11. The van der Waals surface area contributed by atoms with Crippen LogP contribution in [0.15, 0.2) is 60.4 Å². The summed E-state index contributed by atoms with van der Waals surface area (Å²) in [6.45, 7) is 1.73. The molecule has 32 heavy (non-hydrogen) atoms. The molecule has 0 amide bonds. The average molecular weight is 451 g/mol. The molecule has 0 bridgehead atoms. The third-order valence-electron chi connectivity index (χ3n) is 5.04. The second-order valence-corrected chi connectivity index (χ2v) is 7.42. The summed E-state index contributed by atoms with van der Waals surface area (Å²) < 4.78 is 22.1. The Kier molecular flexibility index (Phi) is 5.88. The number of fused-ring (bicyclic) bond motifs is 1. The number of hydrogen-bond donors (Lipinski definition) is 0. The number of rotatable bonds is 5. The molecule has 0 N–H and O–H groups in total. The summed E-state index contributed by atoms with van der Waals surface area (Å²) in [7, 11) is 3.06. The van der Waals surface area contributed by atoms with Crippen LogP contribution in [0.25, 0.3) is 6.08 Å². The van der Waals surface area contributed by atoms with Crippen LogP contribution in [0.3, 0.4) is 0 Å². The highest BCUT2D eigenvalue weighted by molar-refractivity contribution is 6.30. The zero-order chi connectivity index (χ0) is 22.8. The fourth-order valence-corrected chi connectivity index (χ4v) is 3.52. The first kappa shape index (κ1) is 21.5. The smallest absolute Gasteiger partial charge is 0.343 e. The largest absolute Gasteiger partial charge is 0.493 e. The van der Waals surface area contributed by atoms with Crippen LogP contribution in [0.1, 0.15) is 31.8 Å². The lowest BCUT2D eigenvalue weighted by atomic mass is 10.1. The van der Waals surface area contributed by atoms with E-state index in [1.165, 1.54) is 14.2 Å². The highest BCUT2D eigenvalue weighted by Gasteiger charge is 2.31. The van der Waals surface area contributed by atoms with Crippen LogP contribution in [0, 0.1) is 6.92 Å². The Bertz CT molecular complexity index is 1240. The number of carbonyl (C=O) groups is 2. The van der Waals surface area contributed by atoms with Crippen LogP contribution in [0.2, 0.25) is 5.02 Å². The molecule has 0 spiro atoms. The van der Waals surface area contributed by atoms with E-state index in [0.29, 0.717) is 50.3 Å². The second kappa shape index (κ2) is 8.77. The zero-order valence-electron chi connectivity index (χ0n) is 17.6. The van der Waals surface area contributed by atoms with Gasteiger partial charge in [-0.25, -0.2) is 4.79 Å².